The summed E-state index contributed by atoms with van der Waals surface area (Å²) in [6.45, 7) is 0. The Balaban J connectivity index is 0.000000187. The van der Waals surface area contributed by atoms with E-state index < -0.39 is 195 Å². The molecule has 0 saturated carbocycles. The predicted molar refractivity (Wildman–Crippen MR) is 352 cm³/mol. The Morgan fingerprint density at radius 2 is 0.433 bits per heavy atom. The molecular formula is C76H38BF24IS2. The first kappa shape index (κ1) is 73.0. The first-order chi connectivity index (χ1) is 48.5. The quantitative estimate of drug-likeness (QED) is 0.0616. The monoisotopic (exact) mass is 1610 g/mol. The number of halogens is 25. The van der Waals surface area contributed by atoms with Gasteiger partial charge in [0.25, 0.3) is 0 Å². The zero-order valence-corrected chi connectivity index (χ0v) is 55.6. The third-order valence-electron chi connectivity index (χ3n) is 17.7. The highest BCUT2D eigenvalue weighted by Gasteiger charge is 2.47. The van der Waals surface area contributed by atoms with Crippen molar-refractivity contribution in [3.05, 3.63) is 281 Å². The standard InChI is InChI=1S/C44H26IS2.C32H12BF24/c1-3-11-29-25-37-33(21-27(29)9-1)23-31-13-5-7-15-35(31)43(37)39-17-19-41(46-39)45-42-20-18-40(47-42)44-36-16-8-6-14-32(36)24-34-22-28-10-2-4-12-30(28)26-38(34)44;34-25(35,36)13-1-14(26(37,38)39)6-21(5-13)33(22-7-15(27(40,41)42)2-16(8-22)28(43,44)45,23-9-17(29(46,47)48)3-18(10-23)30(49,50)51)24-11-19(31(52,53)54)4-20(12-24)32(55,56)57/h1-26H;1-12H/q+1;-1. The van der Waals surface area contributed by atoms with Crippen LogP contribution in [0.5, 0.6) is 0 Å². The van der Waals surface area contributed by atoms with Crippen molar-refractivity contribution in [2.75, 3.05) is 0 Å². The lowest BCUT2D eigenvalue weighted by Gasteiger charge is -2.46. The van der Waals surface area contributed by atoms with Crippen LogP contribution in [0.2, 0.25) is 0 Å². The number of alkyl halides is 24. The molecule has 2 heterocycles. The molecular weight excluding hydrogens is 1570 g/mol. The Kier molecular flexibility index (Phi) is 18.3. The average Bonchev–Trinajstić information content (AvgIpc) is 0.828. The maximum Gasteiger partial charge on any atom is 0.416 e. The second-order valence-electron chi connectivity index (χ2n) is 24.3. The van der Waals surface area contributed by atoms with Gasteiger partial charge >= 0.3 is 70.6 Å². The molecule has 0 aliphatic carbocycles. The van der Waals surface area contributed by atoms with Crippen LogP contribution < -0.4 is 43.1 Å². The molecule has 0 N–H and O–H groups in total. The van der Waals surface area contributed by atoms with Crippen LogP contribution in [-0.4, -0.2) is 6.15 Å². The van der Waals surface area contributed by atoms with Crippen molar-refractivity contribution < 1.29 is 127 Å². The van der Waals surface area contributed by atoms with Crippen molar-refractivity contribution in [3.8, 4) is 20.9 Å². The molecule has 0 radical (unpaired) electrons. The number of benzene rings is 12. The van der Waals surface area contributed by atoms with E-state index in [0.29, 0.717) is 0 Å². The van der Waals surface area contributed by atoms with Gasteiger partial charge in [0, 0.05) is 33.0 Å². The Hall–Kier alpha value is -9.29. The molecule has 0 amide bonds. The van der Waals surface area contributed by atoms with Gasteiger partial charge < -0.3 is 0 Å². The van der Waals surface area contributed by atoms with Crippen LogP contribution in [0.3, 0.4) is 0 Å². The lowest BCUT2D eigenvalue weighted by Crippen LogP contribution is -3.61. The van der Waals surface area contributed by atoms with Gasteiger partial charge in [0.15, 0.2) is 0 Å². The lowest BCUT2D eigenvalue weighted by molar-refractivity contribution is -0.585. The summed E-state index contributed by atoms with van der Waals surface area (Å²) in [4.78, 5) is 2.72. The zero-order chi connectivity index (χ0) is 74.8. The largest absolute Gasteiger partial charge is 0.416 e. The number of hydrogen-bond donors (Lipinski definition) is 0. The highest BCUT2D eigenvalue weighted by molar-refractivity contribution is 7.20. The van der Waals surface area contributed by atoms with Gasteiger partial charge in [-0.15, -0.1) is 0 Å². The normalized spacial score (nSPS) is 13.2. The van der Waals surface area contributed by atoms with Crippen LogP contribution in [-0.2, 0) is 49.4 Å². The van der Waals surface area contributed by atoms with E-state index in [1.165, 1.54) is 91.3 Å². The van der Waals surface area contributed by atoms with E-state index in [-0.39, 0.29) is 21.2 Å². The molecule has 0 saturated heterocycles. The number of thiophene rings is 2. The summed E-state index contributed by atoms with van der Waals surface area (Å²) in [5.74, 6) is 0. The van der Waals surface area contributed by atoms with Gasteiger partial charge in [-0.1, -0.05) is 168 Å². The molecule has 104 heavy (non-hydrogen) atoms. The Bertz CT molecular complexity index is 5050. The maximum atomic E-state index is 14.2. The minimum atomic E-state index is -6.13. The lowest BCUT2D eigenvalue weighted by atomic mass is 9.12. The molecule has 14 rings (SSSR count). The van der Waals surface area contributed by atoms with Crippen LogP contribution in [0.25, 0.3) is 85.5 Å². The Labute approximate surface area is 589 Å². The van der Waals surface area contributed by atoms with E-state index >= 15 is 0 Å². The number of fused-ring (bicyclic) bond motifs is 6. The Morgan fingerprint density at radius 1 is 0.212 bits per heavy atom. The summed E-state index contributed by atoms with van der Waals surface area (Å²) in [6.07, 6.45) is -54.8. The van der Waals surface area contributed by atoms with E-state index in [4.69, 9.17) is 0 Å². The summed E-state index contributed by atoms with van der Waals surface area (Å²) in [5.41, 5.74) is -27.5. The highest BCUT2D eigenvalue weighted by Crippen LogP contribution is 2.46. The summed E-state index contributed by atoms with van der Waals surface area (Å²) < 4.78 is 344. The number of hydrogen-bond acceptors (Lipinski definition) is 2. The van der Waals surface area contributed by atoms with E-state index in [2.05, 4.69) is 158 Å². The van der Waals surface area contributed by atoms with Crippen LogP contribution >= 0.6 is 22.7 Å². The third-order valence-corrected chi connectivity index (χ3v) is 23.6. The zero-order valence-electron chi connectivity index (χ0n) is 51.8. The SMILES string of the molecule is FC(F)(F)c1cc([B-](c2cc(C(F)(F)F)cc(C(F)(F)F)c2)(c2cc(C(F)(F)F)cc(C(F)(F)F)c2)c2cc(C(F)(F)F)cc(C(F)(F)F)c2)cc(C(F)(F)F)c1.c1ccc2cc3c(-c4ccc([I+]c5ccc(-c6c7ccccc7cc7cc8ccccc8cc67)s5)s4)c4ccccc4cc3cc2c1. The Morgan fingerprint density at radius 3 is 0.683 bits per heavy atom. The summed E-state index contributed by atoms with van der Waals surface area (Å²) in [6, 6.07) is 50.1. The van der Waals surface area contributed by atoms with Crippen LogP contribution in [0.4, 0.5) is 105 Å². The van der Waals surface area contributed by atoms with Crippen molar-refractivity contribution in [2.45, 2.75) is 49.4 Å². The minimum absolute atomic E-state index is 0.311. The van der Waals surface area contributed by atoms with Crippen molar-refractivity contribution >= 4 is 115 Å². The van der Waals surface area contributed by atoms with Gasteiger partial charge in [0.2, 0.25) is 5.77 Å². The van der Waals surface area contributed by atoms with Crippen molar-refractivity contribution in [1.82, 2.24) is 0 Å². The topological polar surface area (TPSA) is 0 Å². The maximum absolute atomic E-state index is 14.2. The van der Waals surface area contributed by atoms with Gasteiger partial charge in [0.1, 0.15) is 6.15 Å². The molecule has 0 bridgehead atoms. The number of rotatable bonds is 8. The molecule has 0 aliphatic rings. The smallest absolute Gasteiger partial charge is 0.194 e. The molecule has 14 aromatic rings. The molecule has 2 aromatic heterocycles. The van der Waals surface area contributed by atoms with Gasteiger partial charge in [-0.2, -0.15) is 127 Å². The molecule has 0 fully saturated rings. The molecule has 532 valence electrons. The summed E-state index contributed by atoms with van der Waals surface area (Å²) in [5, 5.41) is 15.7. The van der Waals surface area contributed by atoms with E-state index in [1.807, 2.05) is 22.7 Å². The molecule has 0 nitrogen and oxygen atoms in total. The van der Waals surface area contributed by atoms with E-state index in [9.17, 15) is 105 Å². The van der Waals surface area contributed by atoms with Crippen molar-refractivity contribution in [2.24, 2.45) is 0 Å². The van der Waals surface area contributed by atoms with Gasteiger partial charge in [0.05, 0.1) is 44.5 Å². The van der Waals surface area contributed by atoms with Crippen molar-refractivity contribution in [1.29, 1.82) is 0 Å². The second-order valence-corrected chi connectivity index (χ2v) is 30.8. The van der Waals surface area contributed by atoms with Crippen LogP contribution in [0.15, 0.2) is 231 Å². The van der Waals surface area contributed by atoms with Crippen molar-refractivity contribution in [3.63, 3.8) is 0 Å². The fraction of sp³-hybridized carbons (Fsp3) is 0.105. The van der Waals surface area contributed by atoms with Gasteiger partial charge in [-0.25, -0.2) is 0 Å². The third kappa shape index (κ3) is 14.4. The molecule has 0 aliphatic heterocycles. The second kappa shape index (κ2) is 26.1. The molecule has 0 unspecified atom stereocenters. The summed E-state index contributed by atoms with van der Waals surface area (Å²) >= 11 is 3.66. The summed E-state index contributed by atoms with van der Waals surface area (Å²) in [7, 11) is 0. The van der Waals surface area contributed by atoms with E-state index in [1.54, 1.807) is 0 Å². The van der Waals surface area contributed by atoms with Gasteiger partial charge in [-0.3, -0.25) is 0 Å². The molecule has 28 heteroatoms. The molecule has 12 aromatic carbocycles. The first-order valence-electron chi connectivity index (χ1n) is 30.4. The predicted octanol–water partition coefficient (Wildman–Crippen LogP) is 21.4. The molecule has 0 atom stereocenters. The van der Waals surface area contributed by atoms with Crippen LogP contribution in [0, 0.1) is 5.77 Å². The highest BCUT2D eigenvalue weighted by atomic mass is 127. The van der Waals surface area contributed by atoms with E-state index in [0.717, 1.165) is 0 Å². The first-order valence-corrected chi connectivity index (χ1v) is 34.2. The van der Waals surface area contributed by atoms with Crippen LogP contribution in [0.1, 0.15) is 44.5 Å². The van der Waals surface area contributed by atoms with Gasteiger partial charge in [-0.05, 0) is 137 Å². The minimum Gasteiger partial charge on any atom is -0.194 e. The molecule has 0 spiro atoms. The average molecular weight is 1610 g/mol. The fourth-order valence-electron chi connectivity index (χ4n) is 13.2. The fourth-order valence-corrected chi connectivity index (χ4v) is 19.7.